The van der Waals surface area contributed by atoms with E-state index < -0.39 is 4.92 Å². The molecule has 0 bridgehead atoms. The Labute approximate surface area is 65.9 Å². The molecule has 0 heterocycles. The molecule has 0 saturated carbocycles. The van der Waals surface area contributed by atoms with Crippen molar-refractivity contribution in [2.75, 3.05) is 0 Å². The van der Waals surface area contributed by atoms with Crippen LogP contribution in [0, 0.1) is 10.1 Å². The summed E-state index contributed by atoms with van der Waals surface area (Å²) < 4.78 is 0. The van der Waals surface area contributed by atoms with Crippen LogP contribution in [0.15, 0.2) is 36.6 Å². The second-order valence-electron chi connectivity index (χ2n) is 1.89. The van der Waals surface area contributed by atoms with Gasteiger partial charge in [0, 0.05) is 12.2 Å². The first-order chi connectivity index (χ1) is 5.22. The van der Waals surface area contributed by atoms with Crippen molar-refractivity contribution in [3.63, 3.8) is 0 Å². The van der Waals surface area contributed by atoms with E-state index in [1.165, 1.54) is 12.2 Å². The topological polar surface area (TPSA) is 43.1 Å². The van der Waals surface area contributed by atoms with Gasteiger partial charge < -0.3 is 0 Å². The molecule has 0 radical (unpaired) electrons. The second kappa shape index (κ2) is 5.41. The number of rotatable bonds is 4. The summed E-state index contributed by atoms with van der Waals surface area (Å²) in [5, 5.41) is 10.2. The highest BCUT2D eigenvalue weighted by Crippen LogP contribution is 1.96. The van der Waals surface area contributed by atoms with Crippen molar-refractivity contribution in [3.05, 3.63) is 46.7 Å². The van der Waals surface area contributed by atoms with Gasteiger partial charge in [-0.05, 0) is 6.42 Å². The van der Waals surface area contributed by atoms with Gasteiger partial charge in [0.1, 0.15) is 0 Å². The van der Waals surface area contributed by atoms with E-state index in [-0.39, 0.29) is 5.70 Å². The first-order valence-corrected chi connectivity index (χ1v) is 3.36. The highest BCUT2D eigenvalue weighted by Gasteiger charge is 2.00. The molecule has 0 saturated heterocycles. The fourth-order valence-corrected chi connectivity index (χ4v) is 0.506. The Morgan fingerprint density at radius 3 is 2.73 bits per heavy atom. The highest BCUT2D eigenvalue weighted by atomic mass is 16.6. The van der Waals surface area contributed by atoms with Gasteiger partial charge in [-0.25, -0.2) is 0 Å². The van der Waals surface area contributed by atoms with Crippen molar-refractivity contribution in [2.24, 2.45) is 0 Å². The molecule has 0 aromatic heterocycles. The van der Waals surface area contributed by atoms with Crippen LogP contribution in [-0.2, 0) is 0 Å². The summed E-state index contributed by atoms with van der Waals surface area (Å²) in [6.07, 6.45) is 7.02. The minimum atomic E-state index is -0.465. The lowest BCUT2D eigenvalue weighted by molar-refractivity contribution is -0.418. The van der Waals surface area contributed by atoms with E-state index in [0.29, 0.717) is 0 Å². The van der Waals surface area contributed by atoms with E-state index in [9.17, 15) is 10.1 Å². The molecule has 0 aromatic rings. The molecule has 0 rings (SSSR count). The number of allylic oxidation sites excluding steroid dienone is 4. The predicted molar refractivity (Wildman–Crippen MR) is 44.7 cm³/mol. The first kappa shape index (κ1) is 9.62. The molecule has 0 fully saturated rings. The van der Waals surface area contributed by atoms with E-state index >= 15 is 0 Å². The highest BCUT2D eigenvalue weighted by molar-refractivity contribution is 5.15. The van der Waals surface area contributed by atoms with Crippen LogP contribution in [-0.4, -0.2) is 4.92 Å². The van der Waals surface area contributed by atoms with E-state index in [2.05, 4.69) is 6.58 Å². The molecule has 3 heteroatoms. The SMILES string of the molecule is C=C/C(=C\C=C\CC)[N+](=O)[O-]. The molecule has 0 atom stereocenters. The van der Waals surface area contributed by atoms with Gasteiger partial charge in [0.05, 0.1) is 4.92 Å². The van der Waals surface area contributed by atoms with Crippen molar-refractivity contribution < 1.29 is 4.92 Å². The van der Waals surface area contributed by atoms with E-state index in [0.717, 1.165) is 6.42 Å². The summed E-state index contributed by atoms with van der Waals surface area (Å²) in [5.74, 6) is 0. The number of hydrogen-bond acceptors (Lipinski definition) is 2. The maximum atomic E-state index is 10.2. The zero-order valence-electron chi connectivity index (χ0n) is 6.49. The Balaban J connectivity index is 4.24. The smallest absolute Gasteiger partial charge is 0.258 e. The largest absolute Gasteiger partial charge is 0.268 e. The Hall–Kier alpha value is -1.38. The third kappa shape index (κ3) is 4.08. The third-order valence-corrected chi connectivity index (χ3v) is 1.06. The zero-order chi connectivity index (χ0) is 8.69. The van der Waals surface area contributed by atoms with Crippen molar-refractivity contribution in [2.45, 2.75) is 13.3 Å². The molecule has 0 aliphatic heterocycles. The van der Waals surface area contributed by atoms with E-state index in [4.69, 9.17) is 0 Å². The Kier molecular flexibility index (Phi) is 4.73. The first-order valence-electron chi connectivity index (χ1n) is 3.36. The molecule has 60 valence electrons. The van der Waals surface area contributed by atoms with Crippen LogP contribution < -0.4 is 0 Å². The maximum Gasteiger partial charge on any atom is 0.268 e. The number of nitro groups is 1. The summed E-state index contributed by atoms with van der Waals surface area (Å²) in [5.41, 5.74) is 0.0229. The van der Waals surface area contributed by atoms with Gasteiger partial charge in [-0.3, -0.25) is 10.1 Å². The molecule has 0 spiro atoms. The molecule has 0 amide bonds. The number of nitrogens with zero attached hydrogens (tertiary/aromatic N) is 1. The van der Waals surface area contributed by atoms with Gasteiger partial charge in [0.2, 0.25) is 0 Å². The van der Waals surface area contributed by atoms with Gasteiger partial charge in [0.25, 0.3) is 5.70 Å². The van der Waals surface area contributed by atoms with E-state index in [1.54, 1.807) is 6.08 Å². The average molecular weight is 153 g/mol. The van der Waals surface area contributed by atoms with Crippen molar-refractivity contribution >= 4 is 0 Å². The van der Waals surface area contributed by atoms with Crippen LogP contribution in [0.3, 0.4) is 0 Å². The van der Waals surface area contributed by atoms with E-state index in [1.807, 2.05) is 13.0 Å². The second-order valence-corrected chi connectivity index (χ2v) is 1.89. The van der Waals surface area contributed by atoms with Gasteiger partial charge in [-0.15, -0.1) is 0 Å². The number of hydrogen-bond donors (Lipinski definition) is 0. The van der Waals surface area contributed by atoms with Crippen molar-refractivity contribution in [1.82, 2.24) is 0 Å². The predicted octanol–water partition coefficient (Wildman–Crippen LogP) is 2.30. The van der Waals surface area contributed by atoms with Gasteiger partial charge >= 0.3 is 0 Å². The molecular formula is C8H11NO2. The lowest BCUT2D eigenvalue weighted by Gasteiger charge is -1.85. The lowest BCUT2D eigenvalue weighted by atomic mass is 10.3. The summed E-state index contributed by atoms with van der Waals surface area (Å²) in [6.45, 7) is 5.28. The van der Waals surface area contributed by atoms with Crippen LogP contribution in [0.1, 0.15) is 13.3 Å². The Morgan fingerprint density at radius 1 is 1.73 bits per heavy atom. The van der Waals surface area contributed by atoms with Gasteiger partial charge in [0.15, 0.2) is 0 Å². The van der Waals surface area contributed by atoms with Crippen molar-refractivity contribution in [3.8, 4) is 0 Å². The Morgan fingerprint density at radius 2 is 2.36 bits per heavy atom. The fraction of sp³-hybridized carbons (Fsp3) is 0.250. The summed E-state index contributed by atoms with van der Waals surface area (Å²) in [6, 6.07) is 0. The van der Waals surface area contributed by atoms with Crippen molar-refractivity contribution in [1.29, 1.82) is 0 Å². The molecule has 11 heavy (non-hydrogen) atoms. The molecular weight excluding hydrogens is 142 g/mol. The monoisotopic (exact) mass is 153 g/mol. The van der Waals surface area contributed by atoms with Crippen LogP contribution in [0.2, 0.25) is 0 Å². The quantitative estimate of drug-likeness (QED) is 0.353. The molecule has 0 aliphatic carbocycles. The van der Waals surface area contributed by atoms with Crippen LogP contribution in [0.5, 0.6) is 0 Å². The van der Waals surface area contributed by atoms with Gasteiger partial charge in [-0.1, -0.05) is 25.7 Å². The van der Waals surface area contributed by atoms with Crippen LogP contribution in [0.25, 0.3) is 0 Å². The van der Waals surface area contributed by atoms with Gasteiger partial charge in [-0.2, -0.15) is 0 Å². The zero-order valence-corrected chi connectivity index (χ0v) is 6.49. The maximum absolute atomic E-state index is 10.2. The standard InChI is InChI=1S/C8H11NO2/c1-3-5-6-7-8(4-2)9(10)11/h4-7H,2-3H2,1H3/b6-5+,8-7+. The molecule has 3 nitrogen and oxygen atoms in total. The lowest BCUT2D eigenvalue weighted by Crippen LogP contribution is -1.93. The third-order valence-electron chi connectivity index (χ3n) is 1.06. The average Bonchev–Trinajstić information content (AvgIpc) is 1.97. The molecule has 0 unspecified atom stereocenters. The summed E-state index contributed by atoms with van der Waals surface area (Å²) in [4.78, 5) is 9.69. The minimum Gasteiger partial charge on any atom is -0.258 e. The molecule has 0 aliphatic rings. The normalized spacial score (nSPS) is 11.9. The summed E-state index contributed by atoms with van der Waals surface area (Å²) in [7, 11) is 0. The minimum absolute atomic E-state index is 0.0229. The van der Waals surface area contributed by atoms with Crippen LogP contribution in [0.4, 0.5) is 0 Å². The fourth-order valence-electron chi connectivity index (χ4n) is 0.506. The Bertz CT molecular complexity index is 204. The summed E-state index contributed by atoms with van der Waals surface area (Å²) >= 11 is 0. The molecule has 0 aromatic carbocycles. The molecule has 0 N–H and O–H groups in total. The van der Waals surface area contributed by atoms with Crippen LogP contribution >= 0.6 is 0 Å².